The summed E-state index contributed by atoms with van der Waals surface area (Å²) >= 11 is 0. The number of fused-ring (bicyclic) bond motifs is 1. The summed E-state index contributed by atoms with van der Waals surface area (Å²) in [6.07, 6.45) is 1.79. The fourth-order valence-electron chi connectivity index (χ4n) is 2.20. The second-order valence-electron chi connectivity index (χ2n) is 4.63. The lowest BCUT2D eigenvalue weighted by Crippen LogP contribution is -2.16. The van der Waals surface area contributed by atoms with E-state index >= 15 is 0 Å². The highest BCUT2D eigenvalue weighted by Crippen LogP contribution is 2.19. The summed E-state index contributed by atoms with van der Waals surface area (Å²) in [7, 11) is 1.49. The minimum absolute atomic E-state index is 0.0495. The van der Waals surface area contributed by atoms with Gasteiger partial charge in [-0.05, 0) is 36.4 Å². The van der Waals surface area contributed by atoms with E-state index in [9.17, 15) is 4.79 Å². The molecule has 0 fully saturated rings. The number of para-hydroxylation sites is 2. The van der Waals surface area contributed by atoms with Crippen LogP contribution in [-0.2, 0) is 9.53 Å². The van der Waals surface area contributed by atoms with Gasteiger partial charge in [0.05, 0.1) is 11.0 Å². The van der Waals surface area contributed by atoms with E-state index in [2.05, 4.69) is 10.3 Å². The lowest BCUT2D eigenvalue weighted by atomic mass is 10.2. The largest absolute Gasteiger partial charge is 0.375 e. The number of carbonyl (C=O) groups is 1. The number of anilines is 1. The maximum atomic E-state index is 11.4. The molecule has 5 heteroatoms. The van der Waals surface area contributed by atoms with E-state index in [-0.39, 0.29) is 12.5 Å². The number of rotatable bonds is 4. The number of hydrogen-bond donors (Lipinski definition) is 1. The van der Waals surface area contributed by atoms with Gasteiger partial charge >= 0.3 is 0 Å². The Balaban J connectivity index is 1.85. The molecule has 0 saturated heterocycles. The molecule has 0 atom stereocenters. The molecule has 0 bridgehead atoms. The van der Waals surface area contributed by atoms with Gasteiger partial charge in [0.1, 0.15) is 12.9 Å². The Bertz CT molecular complexity index is 763. The van der Waals surface area contributed by atoms with Crippen molar-refractivity contribution in [3.05, 3.63) is 54.9 Å². The molecule has 0 radical (unpaired) electrons. The van der Waals surface area contributed by atoms with E-state index < -0.39 is 0 Å². The summed E-state index contributed by atoms with van der Waals surface area (Å²) in [5, 5.41) is 2.76. The Morgan fingerprint density at radius 3 is 2.71 bits per heavy atom. The van der Waals surface area contributed by atoms with Crippen LogP contribution in [0.3, 0.4) is 0 Å². The second-order valence-corrected chi connectivity index (χ2v) is 4.63. The number of hydrogen-bond acceptors (Lipinski definition) is 3. The zero-order valence-electron chi connectivity index (χ0n) is 11.6. The summed E-state index contributed by atoms with van der Waals surface area (Å²) in [6, 6.07) is 15.6. The maximum Gasteiger partial charge on any atom is 0.250 e. The van der Waals surface area contributed by atoms with Crippen molar-refractivity contribution in [2.75, 3.05) is 19.0 Å². The first-order valence-electron chi connectivity index (χ1n) is 6.59. The summed E-state index contributed by atoms with van der Waals surface area (Å²) < 4.78 is 6.79. The smallest absolute Gasteiger partial charge is 0.250 e. The molecule has 1 aromatic heterocycles. The molecule has 0 aliphatic heterocycles. The average molecular weight is 281 g/mol. The fourth-order valence-corrected chi connectivity index (χ4v) is 2.20. The summed E-state index contributed by atoms with van der Waals surface area (Å²) in [5.74, 6) is -0.168. The van der Waals surface area contributed by atoms with Crippen LogP contribution in [0.4, 0.5) is 5.69 Å². The number of nitrogens with one attached hydrogen (secondary N) is 1. The Hall–Kier alpha value is -2.66. The van der Waals surface area contributed by atoms with E-state index in [1.54, 1.807) is 6.33 Å². The third-order valence-corrected chi connectivity index (χ3v) is 3.16. The minimum atomic E-state index is -0.168. The number of benzene rings is 2. The highest BCUT2D eigenvalue weighted by molar-refractivity contribution is 5.91. The predicted molar refractivity (Wildman–Crippen MR) is 81.6 cm³/mol. The molecule has 1 heterocycles. The highest BCUT2D eigenvalue weighted by Gasteiger charge is 2.05. The maximum absolute atomic E-state index is 11.4. The number of imidazole rings is 1. The van der Waals surface area contributed by atoms with Crippen LogP contribution in [-0.4, -0.2) is 29.2 Å². The Labute approximate surface area is 122 Å². The Morgan fingerprint density at radius 2 is 1.95 bits per heavy atom. The third-order valence-electron chi connectivity index (χ3n) is 3.16. The predicted octanol–water partition coefficient (Wildman–Crippen LogP) is 2.61. The zero-order valence-corrected chi connectivity index (χ0v) is 11.6. The SMILES string of the molecule is COCC(=O)Nc1ccc(-n2cnc3ccccc32)cc1. The zero-order chi connectivity index (χ0) is 14.7. The van der Waals surface area contributed by atoms with Crippen LogP contribution in [0.1, 0.15) is 0 Å². The first-order chi connectivity index (χ1) is 10.3. The molecule has 106 valence electrons. The Kier molecular flexibility index (Phi) is 3.66. The number of amides is 1. The van der Waals surface area contributed by atoms with Crippen LogP contribution >= 0.6 is 0 Å². The van der Waals surface area contributed by atoms with Gasteiger partial charge in [0.15, 0.2) is 0 Å². The van der Waals surface area contributed by atoms with Crippen LogP contribution in [0.5, 0.6) is 0 Å². The molecule has 2 aromatic carbocycles. The van der Waals surface area contributed by atoms with Crippen LogP contribution in [0.15, 0.2) is 54.9 Å². The van der Waals surface area contributed by atoms with Crippen molar-refractivity contribution in [2.24, 2.45) is 0 Å². The van der Waals surface area contributed by atoms with E-state index in [0.717, 1.165) is 22.4 Å². The minimum Gasteiger partial charge on any atom is -0.375 e. The van der Waals surface area contributed by atoms with Crippen molar-refractivity contribution in [1.82, 2.24) is 9.55 Å². The Morgan fingerprint density at radius 1 is 1.19 bits per heavy atom. The van der Waals surface area contributed by atoms with Crippen molar-refractivity contribution in [2.45, 2.75) is 0 Å². The molecular weight excluding hydrogens is 266 g/mol. The normalized spacial score (nSPS) is 10.7. The highest BCUT2D eigenvalue weighted by atomic mass is 16.5. The molecule has 0 saturated carbocycles. The van der Waals surface area contributed by atoms with Gasteiger partial charge in [0.2, 0.25) is 5.91 Å². The van der Waals surface area contributed by atoms with Gasteiger partial charge in [-0.2, -0.15) is 0 Å². The van der Waals surface area contributed by atoms with E-state index in [1.807, 2.05) is 53.1 Å². The lowest BCUT2D eigenvalue weighted by molar-refractivity contribution is -0.119. The number of methoxy groups -OCH3 is 1. The first kappa shape index (κ1) is 13.3. The molecule has 1 N–H and O–H groups in total. The van der Waals surface area contributed by atoms with Crippen molar-refractivity contribution in [3.8, 4) is 5.69 Å². The average Bonchev–Trinajstić information content (AvgIpc) is 2.92. The van der Waals surface area contributed by atoms with Crippen molar-refractivity contribution < 1.29 is 9.53 Å². The van der Waals surface area contributed by atoms with Gasteiger partial charge in [-0.25, -0.2) is 4.98 Å². The van der Waals surface area contributed by atoms with Gasteiger partial charge in [0.25, 0.3) is 0 Å². The lowest BCUT2D eigenvalue weighted by Gasteiger charge is -2.07. The molecule has 3 aromatic rings. The van der Waals surface area contributed by atoms with Gasteiger partial charge in [-0.1, -0.05) is 12.1 Å². The standard InChI is InChI=1S/C16H15N3O2/c1-21-10-16(20)18-12-6-8-13(9-7-12)19-11-17-14-4-2-3-5-15(14)19/h2-9,11H,10H2,1H3,(H,18,20). The second kappa shape index (κ2) is 5.76. The van der Waals surface area contributed by atoms with Crippen LogP contribution in [0.25, 0.3) is 16.7 Å². The van der Waals surface area contributed by atoms with Gasteiger partial charge in [-0.3, -0.25) is 9.36 Å². The van der Waals surface area contributed by atoms with Gasteiger partial charge in [0, 0.05) is 18.5 Å². The first-order valence-corrected chi connectivity index (χ1v) is 6.59. The molecule has 5 nitrogen and oxygen atoms in total. The molecule has 0 aliphatic carbocycles. The van der Waals surface area contributed by atoms with Gasteiger partial charge in [-0.15, -0.1) is 0 Å². The number of nitrogens with zero attached hydrogens (tertiary/aromatic N) is 2. The summed E-state index contributed by atoms with van der Waals surface area (Å²) in [6.45, 7) is 0.0495. The van der Waals surface area contributed by atoms with E-state index in [0.29, 0.717) is 0 Å². The van der Waals surface area contributed by atoms with Crippen molar-refractivity contribution in [1.29, 1.82) is 0 Å². The number of ether oxygens (including phenoxy) is 1. The summed E-state index contributed by atoms with van der Waals surface area (Å²) in [4.78, 5) is 15.8. The van der Waals surface area contributed by atoms with Crippen LogP contribution < -0.4 is 5.32 Å². The van der Waals surface area contributed by atoms with Crippen molar-refractivity contribution in [3.63, 3.8) is 0 Å². The molecule has 21 heavy (non-hydrogen) atoms. The molecule has 0 unspecified atom stereocenters. The fraction of sp³-hybridized carbons (Fsp3) is 0.125. The molecule has 0 spiro atoms. The van der Waals surface area contributed by atoms with E-state index in [4.69, 9.17) is 4.74 Å². The molecule has 1 amide bonds. The molecule has 0 aliphatic rings. The van der Waals surface area contributed by atoms with E-state index in [1.165, 1.54) is 7.11 Å². The monoisotopic (exact) mass is 281 g/mol. The van der Waals surface area contributed by atoms with Crippen LogP contribution in [0, 0.1) is 0 Å². The number of aromatic nitrogens is 2. The molecular formula is C16H15N3O2. The third kappa shape index (κ3) is 2.78. The topological polar surface area (TPSA) is 56.1 Å². The quantitative estimate of drug-likeness (QED) is 0.799. The van der Waals surface area contributed by atoms with Crippen LogP contribution in [0.2, 0.25) is 0 Å². The number of carbonyl (C=O) groups excluding carboxylic acids is 1. The summed E-state index contributed by atoms with van der Waals surface area (Å²) in [5.41, 5.74) is 3.74. The van der Waals surface area contributed by atoms with Crippen molar-refractivity contribution >= 4 is 22.6 Å². The molecule has 3 rings (SSSR count). The van der Waals surface area contributed by atoms with Gasteiger partial charge < -0.3 is 10.1 Å².